The van der Waals surface area contributed by atoms with Crippen LogP contribution in [0.5, 0.6) is 0 Å². The van der Waals surface area contributed by atoms with E-state index in [1.165, 1.54) is 0 Å². The summed E-state index contributed by atoms with van der Waals surface area (Å²) in [6.07, 6.45) is 4.06. The number of imidazole rings is 1. The van der Waals surface area contributed by atoms with Crippen LogP contribution in [0, 0.1) is 0 Å². The number of nitrogens with one attached hydrogen (secondary N) is 1. The molecule has 1 amide bonds. The van der Waals surface area contributed by atoms with Crippen LogP contribution in [0.15, 0.2) is 12.4 Å². The molecule has 2 heterocycles. The van der Waals surface area contributed by atoms with E-state index in [9.17, 15) is 4.79 Å². The van der Waals surface area contributed by atoms with Crippen molar-refractivity contribution in [2.45, 2.75) is 26.3 Å². The van der Waals surface area contributed by atoms with Crippen molar-refractivity contribution < 1.29 is 9.53 Å². The quantitative estimate of drug-likeness (QED) is 0.791. The lowest BCUT2D eigenvalue weighted by molar-refractivity contribution is -0.135. The lowest BCUT2D eigenvalue weighted by Gasteiger charge is -2.40. The van der Waals surface area contributed by atoms with Gasteiger partial charge in [-0.1, -0.05) is 6.92 Å². The third-order valence-corrected chi connectivity index (χ3v) is 3.75. The molecule has 1 aliphatic rings. The fraction of sp³-hybridized carbons (Fsp3) is 0.714. The fourth-order valence-electron chi connectivity index (χ4n) is 2.61. The first kappa shape index (κ1) is 15.0. The highest BCUT2D eigenvalue weighted by Crippen LogP contribution is 2.22. The molecule has 6 heteroatoms. The number of H-pyrrole nitrogens is 1. The zero-order chi connectivity index (χ0) is 14.4. The molecule has 1 aromatic rings. The number of carbonyl (C=O) groups excluding carboxylic acids is 1. The molecule has 1 saturated heterocycles. The number of ether oxygens (including phenoxy) is 1. The summed E-state index contributed by atoms with van der Waals surface area (Å²) in [5.74, 6) is 1.11. The van der Waals surface area contributed by atoms with Crippen molar-refractivity contribution in [2.24, 2.45) is 0 Å². The average Bonchev–Trinajstić information content (AvgIpc) is 3.00. The second-order valence-electron chi connectivity index (χ2n) is 4.91. The van der Waals surface area contributed by atoms with Gasteiger partial charge < -0.3 is 14.6 Å². The first-order chi connectivity index (χ1) is 9.76. The molecule has 6 nitrogen and oxygen atoms in total. The molecule has 2 rings (SSSR count). The fourth-order valence-corrected chi connectivity index (χ4v) is 2.61. The van der Waals surface area contributed by atoms with E-state index in [1.807, 2.05) is 18.0 Å². The van der Waals surface area contributed by atoms with Crippen LogP contribution in [0.1, 0.15) is 32.1 Å². The molecule has 1 atom stereocenters. The van der Waals surface area contributed by atoms with Crippen LogP contribution >= 0.6 is 0 Å². The number of hydrogen-bond acceptors (Lipinski definition) is 4. The zero-order valence-corrected chi connectivity index (χ0v) is 12.3. The normalized spacial score (nSPS) is 20.3. The number of rotatable bonds is 6. The van der Waals surface area contributed by atoms with E-state index in [0.29, 0.717) is 26.2 Å². The topological polar surface area (TPSA) is 61.5 Å². The molecule has 0 bridgehead atoms. The second-order valence-corrected chi connectivity index (χ2v) is 4.91. The first-order valence-electron chi connectivity index (χ1n) is 7.35. The van der Waals surface area contributed by atoms with Crippen LogP contribution in [0.2, 0.25) is 0 Å². The first-order valence-corrected chi connectivity index (χ1v) is 7.35. The minimum absolute atomic E-state index is 0.166. The van der Waals surface area contributed by atoms with Gasteiger partial charge in [0.15, 0.2) is 0 Å². The van der Waals surface area contributed by atoms with E-state index < -0.39 is 0 Å². The highest BCUT2D eigenvalue weighted by molar-refractivity contribution is 5.76. The smallest absolute Gasteiger partial charge is 0.224 e. The Balaban J connectivity index is 1.95. The molecule has 0 spiro atoms. The number of amides is 1. The molecular weight excluding hydrogens is 256 g/mol. The van der Waals surface area contributed by atoms with Crippen LogP contribution in [-0.2, 0) is 9.53 Å². The van der Waals surface area contributed by atoms with Gasteiger partial charge in [-0.2, -0.15) is 0 Å². The van der Waals surface area contributed by atoms with Gasteiger partial charge in [0.1, 0.15) is 5.82 Å². The third kappa shape index (κ3) is 3.58. The van der Waals surface area contributed by atoms with Gasteiger partial charge in [-0.05, 0) is 13.5 Å². The maximum atomic E-state index is 12.2. The van der Waals surface area contributed by atoms with Gasteiger partial charge in [-0.15, -0.1) is 0 Å². The lowest BCUT2D eigenvalue weighted by atomic mass is 10.1. The van der Waals surface area contributed by atoms with Crippen LogP contribution in [0.4, 0.5) is 0 Å². The van der Waals surface area contributed by atoms with Crippen LogP contribution in [-0.4, -0.2) is 65.1 Å². The number of carbonyl (C=O) groups is 1. The van der Waals surface area contributed by atoms with Crippen molar-refractivity contribution >= 4 is 5.91 Å². The molecule has 0 aliphatic carbocycles. The predicted octanol–water partition coefficient (Wildman–Crippen LogP) is 1.04. The lowest BCUT2D eigenvalue weighted by Crippen LogP contribution is -2.50. The Morgan fingerprint density at radius 2 is 2.35 bits per heavy atom. The van der Waals surface area contributed by atoms with Gasteiger partial charge in [0, 0.05) is 38.6 Å². The SMILES string of the molecule is CCOCCC(=O)N1CCN(CC)C(c2ncc[nH]2)C1. The summed E-state index contributed by atoms with van der Waals surface area (Å²) >= 11 is 0. The molecule has 0 aromatic carbocycles. The molecular formula is C14H24N4O2. The number of aromatic amines is 1. The molecule has 0 saturated carbocycles. The maximum absolute atomic E-state index is 12.2. The monoisotopic (exact) mass is 280 g/mol. The van der Waals surface area contributed by atoms with Crippen molar-refractivity contribution in [3.8, 4) is 0 Å². The summed E-state index contributed by atoms with van der Waals surface area (Å²) in [5.41, 5.74) is 0. The number of nitrogens with zero attached hydrogens (tertiary/aromatic N) is 3. The number of hydrogen-bond donors (Lipinski definition) is 1. The summed E-state index contributed by atoms with van der Waals surface area (Å²) in [4.78, 5) is 24.0. The van der Waals surface area contributed by atoms with Crippen LogP contribution < -0.4 is 0 Å². The van der Waals surface area contributed by atoms with Crippen molar-refractivity contribution in [2.75, 3.05) is 39.4 Å². The number of aromatic nitrogens is 2. The molecule has 112 valence electrons. The molecule has 1 fully saturated rings. The standard InChI is InChI=1S/C14H24N4O2/c1-3-17-8-9-18(13(19)5-10-20-4-2)11-12(17)14-15-6-7-16-14/h6-7,12H,3-5,8-11H2,1-2H3,(H,15,16). The van der Waals surface area contributed by atoms with Crippen LogP contribution in [0.25, 0.3) is 0 Å². The minimum Gasteiger partial charge on any atom is -0.381 e. The number of piperazine rings is 1. The van der Waals surface area contributed by atoms with Crippen molar-refractivity contribution in [3.05, 3.63) is 18.2 Å². The number of likely N-dealkylation sites (N-methyl/N-ethyl adjacent to an activating group) is 1. The Morgan fingerprint density at radius 3 is 3.00 bits per heavy atom. The van der Waals surface area contributed by atoms with E-state index in [2.05, 4.69) is 21.8 Å². The largest absolute Gasteiger partial charge is 0.381 e. The average molecular weight is 280 g/mol. The van der Waals surface area contributed by atoms with Gasteiger partial charge in [-0.3, -0.25) is 9.69 Å². The van der Waals surface area contributed by atoms with Gasteiger partial charge in [0.05, 0.1) is 19.1 Å². The Labute approximate surface area is 120 Å². The molecule has 1 N–H and O–H groups in total. The van der Waals surface area contributed by atoms with Crippen molar-refractivity contribution in [1.29, 1.82) is 0 Å². The third-order valence-electron chi connectivity index (χ3n) is 3.75. The van der Waals surface area contributed by atoms with Crippen molar-refractivity contribution in [3.63, 3.8) is 0 Å². The predicted molar refractivity (Wildman–Crippen MR) is 76.3 cm³/mol. The van der Waals surface area contributed by atoms with Gasteiger partial charge in [0.25, 0.3) is 0 Å². The molecule has 1 aromatic heterocycles. The zero-order valence-electron chi connectivity index (χ0n) is 12.3. The molecule has 20 heavy (non-hydrogen) atoms. The Morgan fingerprint density at radius 1 is 1.50 bits per heavy atom. The summed E-state index contributed by atoms with van der Waals surface area (Å²) in [5, 5.41) is 0. The summed E-state index contributed by atoms with van der Waals surface area (Å²) in [6, 6.07) is 0.166. The Hall–Kier alpha value is -1.40. The molecule has 1 aliphatic heterocycles. The molecule has 0 radical (unpaired) electrons. The van der Waals surface area contributed by atoms with Gasteiger partial charge >= 0.3 is 0 Å². The summed E-state index contributed by atoms with van der Waals surface area (Å²) in [7, 11) is 0. The highest BCUT2D eigenvalue weighted by Gasteiger charge is 2.30. The van der Waals surface area contributed by atoms with Crippen molar-refractivity contribution in [1.82, 2.24) is 19.8 Å². The van der Waals surface area contributed by atoms with E-state index in [4.69, 9.17) is 4.74 Å². The summed E-state index contributed by atoms with van der Waals surface area (Å²) < 4.78 is 5.26. The minimum atomic E-state index is 0.166. The molecule has 1 unspecified atom stereocenters. The Bertz CT molecular complexity index is 407. The van der Waals surface area contributed by atoms with Gasteiger partial charge in [-0.25, -0.2) is 4.98 Å². The highest BCUT2D eigenvalue weighted by atomic mass is 16.5. The van der Waals surface area contributed by atoms with E-state index in [1.54, 1.807) is 6.20 Å². The van der Waals surface area contributed by atoms with E-state index >= 15 is 0 Å². The van der Waals surface area contributed by atoms with E-state index in [-0.39, 0.29) is 11.9 Å². The van der Waals surface area contributed by atoms with E-state index in [0.717, 1.165) is 25.5 Å². The maximum Gasteiger partial charge on any atom is 0.224 e. The van der Waals surface area contributed by atoms with Crippen LogP contribution in [0.3, 0.4) is 0 Å². The Kier molecular flexibility index (Phi) is 5.55. The van der Waals surface area contributed by atoms with Gasteiger partial charge in [0.2, 0.25) is 5.91 Å². The second kappa shape index (κ2) is 7.40. The summed E-state index contributed by atoms with van der Waals surface area (Å²) in [6.45, 7) is 8.59.